The summed E-state index contributed by atoms with van der Waals surface area (Å²) in [6.07, 6.45) is 7.21. The molecule has 130 valence electrons. The summed E-state index contributed by atoms with van der Waals surface area (Å²) in [7, 11) is 0. The number of benzene rings is 1. The quantitative estimate of drug-likeness (QED) is 0.764. The van der Waals surface area contributed by atoms with Gasteiger partial charge in [-0.2, -0.15) is 0 Å². The van der Waals surface area contributed by atoms with Crippen LogP contribution in [0.4, 0.5) is 0 Å². The fourth-order valence-corrected chi connectivity index (χ4v) is 4.59. The van der Waals surface area contributed by atoms with E-state index in [1.807, 2.05) is 4.90 Å². The van der Waals surface area contributed by atoms with Gasteiger partial charge in [0.15, 0.2) is 11.5 Å². The fraction of sp³-hybridized carbons (Fsp3) is 0.632. The van der Waals surface area contributed by atoms with Gasteiger partial charge in [-0.3, -0.25) is 4.79 Å². The molecule has 1 amide bonds. The zero-order valence-corrected chi connectivity index (χ0v) is 14.7. The van der Waals surface area contributed by atoms with E-state index < -0.39 is 0 Å². The Hall–Kier alpha value is -1.42. The normalized spacial score (nSPS) is 26.5. The predicted molar refractivity (Wildman–Crippen MR) is 93.0 cm³/mol. The molecule has 0 radical (unpaired) electrons. The first-order valence-electron chi connectivity index (χ1n) is 9.11. The lowest BCUT2D eigenvalue weighted by atomic mass is 9.75. The zero-order chi connectivity index (χ0) is 16.5. The third kappa shape index (κ3) is 3.08. The number of halogens is 1. The number of amides is 1. The van der Waals surface area contributed by atoms with E-state index in [1.165, 1.54) is 25.7 Å². The second-order valence-electron chi connectivity index (χ2n) is 7.18. The molecular weight excluding hydrogens is 326 g/mol. The van der Waals surface area contributed by atoms with E-state index in [9.17, 15) is 4.79 Å². The maximum absolute atomic E-state index is 13.0. The number of carbonyl (C=O) groups is 1. The summed E-state index contributed by atoms with van der Waals surface area (Å²) in [6.45, 7) is 2.92. The van der Waals surface area contributed by atoms with Crippen LogP contribution in [0, 0.1) is 11.8 Å². The highest BCUT2D eigenvalue weighted by atomic mass is 35.5. The van der Waals surface area contributed by atoms with E-state index in [1.54, 1.807) is 12.1 Å². The van der Waals surface area contributed by atoms with Crippen LogP contribution in [0.2, 0.25) is 5.02 Å². The Morgan fingerprint density at radius 3 is 2.71 bits per heavy atom. The van der Waals surface area contributed by atoms with Gasteiger partial charge in [-0.25, -0.2) is 0 Å². The van der Waals surface area contributed by atoms with E-state index in [2.05, 4.69) is 0 Å². The van der Waals surface area contributed by atoms with Crippen molar-refractivity contribution in [1.29, 1.82) is 0 Å². The minimum absolute atomic E-state index is 0.0663. The number of hydrogen-bond acceptors (Lipinski definition) is 3. The minimum Gasteiger partial charge on any atom is -0.489 e. The summed E-state index contributed by atoms with van der Waals surface area (Å²) in [6, 6.07) is 3.52. The predicted octanol–water partition coefficient (Wildman–Crippen LogP) is 4.15. The van der Waals surface area contributed by atoms with Crippen LogP contribution in [-0.2, 0) is 0 Å². The summed E-state index contributed by atoms with van der Waals surface area (Å²) in [5, 5.41) is 0.463. The molecule has 1 saturated carbocycles. The summed E-state index contributed by atoms with van der Waals surface area (Å²) in [5.41, 5.74) is 0.610. The van der Waals surface area contributed by atoms with E-state index in [4.69, 9.17) is 21.1 Å². The fourth-order valence-electron chi connectivity index (χ4n) is 4.32. The van der Waals surface area contributed by atoms with Crippen LogP contribution >= 0.6 is 11.6 Å². The molecule has 4 nitrogen and oxygen atoms in total. The first-order valence-corrected chi connectivity index (χ1v) is 9.48. The van der Waals surface area contributed by atoms with Crippen LogP contribution in [-0.4, -0.2) is 37.1 Å². The monoisotopic (exact) mass is 349 g/mol. The second kappa shape index (κ2) is 6.83. The molecule has 4 rings (SSSR count). The van der Waals surface area contributed by atoms with Gasteiger partial charge < -0.3 is 14.4 Å². The number of carbonyl (C=O) groups excluding carboxylic acids is 1. The van der Waals surface area contributed by atoms with Crippen LogP contribution in [0.15, 0.2) is 12.1 Å². The lowest BCUT2D eigenvalue weighted by Gasteiger charge is -2.41. The lowest BCUT2D eigenvalue weighted by molar-refractivity contribution is 0.0520. The minimum atomic E-state index is 0.0663. The molecule has 0 bridgehead atoms. The van der Waals surface area contributed by atoms with Crippen LogP contribution in [0.1, 0.15) is 48.9 Å². The van der Waals surface area contributed by atoms with Crippen molar-refractivity contribution in [3.05, 3.63) is 22.7 Å². The molecule has 3 aliphatic rings. The molecule has 5 heteroatoms. The van der Waals surface area contributed by atoms with Crippen molar-refractivity contribution in [2.45, 2.75) is 38.5 Å². The highest BCUT2D eigenvalue weighted by Crippen LogP contribution is 2.40. The molecule has 1 aromatic carbocycles. The van der Waals surface area contributed by atoms with Crippen molar-refractivity contribution < 1.29 is 14.3 Å². The summed E-state index contributed by atoms with van der Waals surface area (Å²) >= 11 is 6.34. The Morgan fingerprint density at radius 2 is 1.83 bits per heavy atom. The molecule has 2 fully saturated rings. The molecule has 2 atom stereocenters. The van der Waals surface area contributed by atoms with Crippen LogP contribution in [0.3, 0.4) is 0 Å². The van der Waals surface area contributed by atoms with Crippen molar-refractivity contribution in [3.8, 4) is 11.5 Å². The molecule has 1 aromatic rings. The third-order valence-corrected chi connectivity index (χ3v) is 5.91. The van der Waals surface area contributed by atoms with E-state index in [-0.39, 0.29) is 5.91 Å². The van der Waals surface area contributed by atoms with Crippen molar-refractivity contribution in [1.82, 2.24) is 4.90 Å². The van der Waals surface area contributed by atoms with Crippen molar-refractivity contribution >= 4 is 17.5 Å². The zero-order valence-electron chi connectivity index (χ0n) is 13.9. The maximum atomic E-state index is 13.0. The Balaban J connectivity index is 1.54. The number of hydrogen-bond donors (Lipinski definition) is 0. The van der Waals surface area contributed by atoms with Gasteiger partial charge in [0.05, 0.1) is 18.2 Å². The first-order chi connectivity index (χ1) is 11.7. The lowest BCUT2D eigenvalue weighted by Crippen LogP contribution is -2.44. The second-order valence-corrected chi connectivity index (χ2v) is 7.59. The maximum Gasteiger partial charge on any atom is 0.254 e. The molecule has 2 aliphatic heterocycles. The van der Waals surface area contributed by atoms with Gasteiger partial charge in [0.1, 0.15) is 0 Å². The highest BCUT2D eigenvalue weighted by molar-refractivity contribution is 6.32. The number of nitrogens with zero attached hydrogens (tertiary/aromatic N) is 1. The SMILES string of the molecule is O=C(c1cc(Cl)c2c(c1)OCCCO2)N1CCC2CCCCC2C1. The van der Waals surface area contributed by atoms with Crippen LogP contribution < -0.4 is 9.47 Å². The molecule has 0 N–H and O–H groups in total. The smallest absolute Gasteiger partial charge is 0.254 e. The molecule has 2 heterocycles. The van der Waals surface area contributed by atoms with E-state index in [0.717, 1.165) is 31.8 Å². The molecular formula is C19H24ClNO3. The largest absolute Gasteiger partial charge is 0.489 e. The van der Waals surface area contributed by atoms with Gasteiger partial charge in [-0.1, -0.05) is 30.9 Å². The van der Waals surface area contributed by atoms with Crippen molar-refractivity contribution in [3.63, 3.8) is 0 Å². The van der Waals surface area contributed by atoms with Crippen LogP contribution in [0.5, 0.6) is 11.5 Å². The highest BCUT2D eigenvalue weighted by Gasteiger charge is 2.33. The molecule has 24 heavy (non-hydrogen) atoms. The molecule has 2 unspecified atom stereocenters. The summed E-state index contributed by atoms with van der Waals surface area (Å²) < 4.78 is 11.4. The Morgan fingerprint density at radius 1 is 1.04 bits per heavy atom. The van der Waals surface area contributed by atoms with E-state index in [0.29, 0.717) is 41.2 Å². The van der Waals surface area contributed by atoms with Gasteiger partial charge in [0, 0.05) is 25.1 Å². The summed E-state index contributed by atoms with van der Waals surface area (Å²) in [4.78, 5) is 15.0. The van der Waals surface area contributed by atoms with Crippen LogP contribution in [0.25, 0.3) is 0 Å². The average Bonchev–Trinajstić information content (AvgIpc) is 2.86. The number of fused-ring (bicyclic) bond motifs is 2. The molecule has 1 saturated heterocycles. The molecule has 0 aromatic heterocycles. The number of likely N-dealkylation sites (tertiary alicyclic amines) is 1. The van der Waals surface area contributed by atoms with E-state index >= 15 is 0 Å². The number of ether oxygens (including phenoxy) is 2. The molecule has 0 spiro atoms. The standard InChI is InChI=1S/C19H24ClNO3/c20-16-10-15(11-17-18(16)24-9-3-8-23-17)19(22)21-7-6-13-4-1-2-5-14(13)12-21/h10-11,13-14H,1-9,12H2. The number of rotatable bonds is 1. The Kier molecular flexibility index (Phi) is 4.57. The van der Waals surface area contributed by atoms with Gasteiger partial charge >= 0.3 is 0 Å². The van der Waals surface area contributed by atoms with Gasteiger partial charge in [0.25, 0.3) is 5.91 Å². The summed E-state index contributed by atoms with van der Waals surface area (Å²) in [5.74, 6) is 2.71. The topological polar surface area (TPSA) is 38.8 Å². The van der Waals surface area contributed by atoms with Gasteiger partial charge in [-0.15, -0.1) is 0 Å². The van der Waals surface area contributed by atoms with Gasteiger partial charge in [-0.05, 0) is 36.8 Å². The average molecular weight is 350 g/mol. The number of piperidine rings is 1. The van der Waals surface area contributed by atoms with Gasteiger partial charge in [0.2, 0.25) is 0 Å². The first kappa shape index (κ1) is 16.1. The van der Waals surface area contributed by atoms with Crippen molar-refractivity contribution in [2.75, 3.05) is 26.3 Å². The van der Waals surface area contributed by atoms with Crippen molar-refractivity contribution in [2.24, 2.45) is 11.8 Å². The third-order valence-electron chi connectivity index (χ3n) is 5.63. The molecule has 1 aliphatic carbocycles. The Bertz CT molecular complexity index is 633. The Labute approximate surface area is 148 Å².